The summed E-state index contributed by atoms with van der Waals surface area (Å²) < 4.78 is 52.5. The SMILES string of the molecule is CC(C)(C)c1cc(-c2ccc(F)cc2)nn2cc(C=O)nc12.CN1CCN(C(=O)C(C)(O)C(F)(F)F)CC1(C)C. The lowest BCUT2D eigenvalue weighted by Crippen LogP contribution is -2.64. The lowest BCUT2D eigenvalue weighted by molar-refractivity contribution is -0.251. The number of fused-ring (bicyclic) bond motifs is 1. The van der Waals surface area contributed by atoms with Crippen molar-refractivity contribution in [3.05, 3.63) is 53.6 Å². The number of piperazine rings is 1. The Balaban J connectivity index is 0.000000226. The minimum atomic E-state index is -4.96. The molecule has 3 aromatic rings. The average molecular weight is 566 g/mol. The van der Waals surface area contributed by atoms with Crippen molar-refractivity contribution in [2.45, 2.75) is 64.3 Å². The molecule has 0 saturated carbocycles. The zero-order valence-electron chi connectivity index (χ0n) is 23.7. The van der Waals surface area contributed by atoms with Gasteiger partial charge in [-0.2, -0.15) is 18.3 Å². The highest BCUT2D eigenvalue weighted by molar-refractivity contribution is 5.85. The summed E-state index contributed by atoms with van der Waals surface area (Å²) in [6.45, 7) is 11.2. The highest BCUT2D eigenvalue weighted by Crippen LogP contribution is 2.33. The zero-order valence-corrected chi connectivity index (χ0v) is 23.7. The molecule has 1 amide bonds. The van der Waals surface area contributed by atoms with Crippen LogP contribution in [0.4, 0.5) is 17.6 Å². The Hall–Kier alpha value is -3.38. The Labute approximate surface area is 230 Å². The molecule has 1 aromatic carbocycles. The highest BCUT2D eigenvalue weighted by Gasteiger charge is 2.57. The van der Waals surface area contributed by atoms with Crippen molar-refractivity contribution in [3.63, 3.8) is 0 Å². The van der Waals surface area contributed by atoms with E-state index in [9.17, 15) is 32.3 Å². The van der Waals surface area contributed by atoms with Gasteiger partial charge in [0.15, 0.2) is 11.9 Å². The van der Waals surface area contributed by atoms with E-state index in [4.69, 9.17) is 0 Å². The zero-order chi connectivity index (χ0) is 30.3. The van der Waals surface area contributed by atoms with E-state index in [1.165, 1.54) is 12.1 Å². The molecule has 4 rings (SSSR count). The number of carbonyl (C=O) groups is 2. The fraction of sp³-hybridized carbons (Fsp3) is 0.500. The summed E-state index contributed by atoms with van der Waals surface area (Å²) in [6.07, 6.45) is -2.65. The number of nitrogens with zero attached hydrogens (tertiary/aromatic N) is 5. The van der Waals surface area contributed by atoms with Crippen LogP contribution in [0.15, 0.2) is 36.5 Å². The van der Waals surface area contributed by atoms with Gasteiger partial charge in [0.1, 0.15) is 11.5 Å². The van der Waals surface area contributed by atoms with Gasteiger partial charge < -0.3 is 10.0 Å². The molecule has 1 fully saturated rings. The van der Waals surface area contributed by atoms with Crippen LogP contribution in [0.25, 0.3) is 16.9 Å². The lowest BCUT2D eigenvalue weighted by Gasteiger charge is -2.46. The number of imidazole rings is 1. The first-order chi connectivity index (χ1) is 18.3. The molecule has 0 radical (unpaired) electrons. The van der Waals surface area contributed by atoms with Crippen LogP contribution in [0.3, 0.4) is 0 Å². The summed E-state index contributed by atoms with van der Waals surface area (Å²) in [6, 6.07) is 8.14. The number of amides is 1. The van der Waals surface area contributed by atoms with Gasteiger partial charge in [0.2, 0.25) is 5.60 Å². The van der Waals surface area contributed by atoms with E-state index in [0.717, 1.165) is 16.0 Å². The fourth-order valence-corrected chi connectivity index (χ4v) is 4.21. The van der Waals surface area contributed by atoms with Crippen molar-refractivity contribution in [1.82, 2.24) is 24.4 Å². The minimum Gasteiger partial charge on any atom is -0.373 e. The van der Waals surface area contributed by atoms with Crippen LogP contribution in [-0.2, 0) is 10.2 Å². The second kappa shape index (κ2) is 10.9. The van der Waals surface area contributed by atoms with Gasteiger partial charge >= 0.3 is 6.18 Å². The third kappa shape index (κ3) is 6.49. The molecule has 40 heavy (non-hydrogen) atoms. The summed E-state index contributed by atoms with van der Waals surface area (Å²) in [5.41, 5.74) is -0.369. The van der Waals surface area contributed by atoms with Crippen LogP contribution in [0.5, 0.6) is 0 Å². The van der Waals surface area contributed by atoms with Gasteiger partial charge in [-0.25, -0.2) is 13.9 Å². The van der Waals surface area contributed by atoms with Crippen LogP contribution in [-0.4, -0.2) is 85.7 Å². The van der Waals surface area contributed by atoms with Gasteiger partial charge in [-0.05, 0) is 63.6 Å². The van der Waals surface area contributed by atoms with Crippen molar-refractivity contribution in [2.24, 2.45) is 0 Å². The van der Waals surface area contributed by atoms with Crippen molar-refractivity contribution in [2.75, 3.05) is 26.7 Å². The standard InChI is InChI=1S/C17H16FN3O.C11H19F3N2O2/c1-17(2,3)14-8-15(11-4-6-12(18)7-5-11)20-21-9-13(10-22)19-16(14)21;1-9(2)7-16(6-5-15(9)4)8(17)10(3,18)11(12,13)14/h4-10H,1-3H3;18H,5-7H2,1-4H3. The van der Waals surface area contributed by atoms with Gasteiger partial charge in [-0.1, -0.05) is 20.8 Å². The van der Waals surface area contributed by atoms with E-state index >= 15 is 0 Å². The molecule has 1 N–H and O–H groups in total. The number of alkyl halides is 3. The maximum Gasteiger partial charge on any atom is 0.426 e. The number of aliphatic hydroxyl groups is 1. The first-order valence-corrected chi connectivity index (χ1v) is 12.7. The van der Waals surface area contributed by atoms with Crippen molar-refractivity contribution < 1.29 is 32.3 Å². The summed E-state index contributed by atoms with van der Waals surface area (Å²) >= 11 is 0. The Morgan fingerprint density at radius 3 is 2.17 bits per heavy atom. The molecule has 1 atom stereocenters. The molecule has 8 nitrogen and oxygen atoms in total. The summed E-state index contributed by atoms with van der Waals surface area (Å²) in [5, 5.41) is 13.9. The summed E-state index contributed by atoms with van der Waals surface area (Å²) in [5.74, 6) is -1.57. The number of hydrogen-bond donors (Lipinski definition) is 1. The van der Waals surface area contributed by atoms with Gasteiger partial charge in [-0.15, -0.1) is 0 Å². The predicted octanol–water partition coefficient (Wildman–Crippen LogP) is 4.50. The summed E-state index contributed by atoms with van der Waals surface area (Å²) in [7, 11) is 1.85. The molecule has 0 bridgehead atoms. The Morgan fingerprint density at radius 1 is 1.07 bits per heavy atom. The largest absolute Gasteiger partial charge is 0.426 e. The first-order valence-electron chi connectivity index (χ1n) is 12.7. The Bertz CT molecular complexity index is 1380. The van der Waals surface area contributed by atoms with Crippen molar-refractivity contribution >= 4 is 17.8 Å². The van der Waals surface area contributed by atoms with E-state index in [2.05, 4.69) is 30.9 Å². The monoisotopic (exact) mass is 565 g/mol. The third-order valence-electron chi connectivity index (χ3n) is 7.08. The predicted molar refractivity (Wildman–Crippen MR) is 142 cm³/mol. The number of carbonyl (C=O) groups excluding carboxylic acids is 2. The van der Waals surface area contributed by atoms with Gasteiger partial charge in [0, 0.05) is 36.3 Å². The number of rotatable bonds is 3. The molecule has 0 aliphatic carbocycles. The van der Waals surface area contributed by atoms with E-state index < -0.39 is 23.2 Å². The second-order valence-electron chi connectivity index (χ2n) is 11.8. The van der Waals surface area contributed by atoms with Gasteiger partial charge in [0.05, 0.1) is 11.9 Å². The summed E-state index contributed by atoms with van der Waals surface area (Å²) in [4.78, 5) is 30.1. The van der Waals surface area contributed by atoms with E-state index in [0.29, 0.717) is 36.8 Å². The van der Waals surface area contributed by atoms with Crippen LogP contribution in [0.2, 0.25) is 0 Å². The molecule has 218 valence electrons. The normalized spacial score (nSPS) is 17.6. The van der Waals surface area contributed by atoms with Crippen molar-refractivity contribution in [3.8, 4) is 11.3 Å². The van der Waals surface area contributed by atoms with Crippen LogP contribution in [0, 0.1) is 5.82 Å². The van der Waals surface area contributed by atoms with Crippen molar-refractivity contribution in [1.29, 1.82) is 0 Å². The van der Waals surface area contributed by atoms with Crippen LogP contribution in [0.1, 0.15) is 57.6 Å². The molecule has 3 heterocycles. The molecule has 1 unspecified atom stereocenters. The van der Waals surface area contributed by atoms with Gasteiger partial charge in [0.25, 0.3) is 5.91 Å². The quantitative estimate of drug-likeness (QED) is 0.372. The topological polar surface area (TPSA) is 91.0 Å². The third-order valence-corrected chi connectivity index (χ3v) is 7.08. The fourth-order valence-electron chi connectivity index (χ4n) is 4.21. The molecule has 2 aromatic heterocycles. The number of likely N-dealkylation sites (N-methyl/N-ethyl adjacent to an activating group) is 1. The smallest absolute Gasteiger partial charge is 0.373 e. The number of benzene rings is 1. The Kier molecular flexibility index (Phi) is 8.48. The van der Waals surface area contributed by atoms with E-state index in [1.807, 2.05) is 31.9 Å². The lowest BCUT2D eigenvalue weighted by atomic mass is 9.87. The molecule has 12 heteroatoms. The molecule has 1 saturated heterocycles. The van der Waals surface area contributed by atoms with Gasteiger partial charge in [-0.3, -0.25) is 14.5 Å². The number of aromatic nitrogens is 3. The van der Waals surface area contributed by atoms with E-state index in [-0.39, 0.29) is 24.3 Å². The van der Waals surface area contributed by atoms with E-state index in [1.54, 1.807) is 22.8 Å². The molecular weight excluding hydrogens is 530 g/mol. The average Bonchev–Trinajstić information content (AvgIpc) is 3.27. The maximum atomic E-state index is 13.1. The number of halogens is 4. The van der Waals surface area contributed by atoms with Crippen LogP contribution < -0.4 is 0 Å². The van der Waals surface area contributed by atoms with Crippen LogP contribution >= 0.6 is 0 Å². The number of hydrogen-bond acceptors (Lipinski definition) is 6. The molecule has 0 spiro atoms. The first kappa shape index (κ1) is 31.2. The molecule has 1 aliphatic rings. The minimum absolute atomic E-state index is 0.161. The second-order valence-corrected chi connectivity index (χ2v) is 11.8. The maximum absolute atomic E-state index is 13.1. The number of aldehydes is 1. The Morgan fingerprint density at radius 2 is 1.68 bits per heavy atom. The highest BCUT2D eigenvalue weighted by atomic mass is 19.4. The molecular formula is C28H35F4N5O3. The molecule has 1 aliphatic heterocycles.